The van der Waals surface area contributed by atoms with Gasteiger partial charge in [0, 0.05) is 18.7 Å². The van der Waals surface area contributed by atoms with Gasteiger partial charge in [-0.05, 0) is 17.5 Å². The lowest BCUT2D eigenvalue weighted by molar-refractivity contribution is -0.384. The highest BCUT2D eigenvalue weighted by Crippen LogP contribution is 2.19. The summed E-state index contributed by atoms with van der Waals surface area (Å²) in [6.07, 6.45) is 0.712. The second-order valence-electron chi connectivity index (χ2n) is 3.13. The van der Waals surface area contributed by atoms with Gasteiger partial charge in [0.2, 0.25) is 0 Å². The molecule has 0 saturated heterocycles. The van der Waals surface area contributed by atoms with E-state index in [4.69, 9.17) is 4.84 Å². The molecule has 14 heavy (non-hydrogen) atoms. The Hall–Kier alpha value is -1.46. The normalized spacial score (nSPS) is 15.7. The summed E-state index contributed by atoms with van der Waals surface area (Å²) in [6, 6.07) is 4.91. The first-order valence-corrected chi connectivity index (χ1v) is 4.38. The molecule has 1 aliphatic heterocycles. The number of hydrogen-bond acceptors (Lipinski definition) is 4. The standard InChI is InChI=1S/C9H10N2O3/c12-11(13)9-2-1-8-6-10-14-4-3-7(8)5-9/h1-2,5,10H,3-4,6H2. The number of fused-ring (bicyclic) bond motifs is 1. The SMILES string of the molecule is O=[N+]([O-])c1ccc2c(c1)CCONC2. The lowest BCUT2D eigenvalue weighted by Gasteiger charge is -2.02. The Balaban J connectivity index is 2.37. The van der Waals surface area contributed by atoms with Crippen LogP contribution >= 0.6 is 0 Å². The lowest BCUT2D eigenvalue weighted by Crippen LogP contribution is -2.11. The zero-order valence-corrected chi connectivity index (χ0v) is 7.53. The minimum Gasteiger partial charge on any atom is -0.301 e. The molecule has 1 aliphatic rings. The second-order valence-corrected chi connectivity index (χ2v) is 3.13. The molecule has 1 N–H and O–H groups in total. The molecule has 5 heteroatoms. The molecular weight excluding hydrogens is 184 g/mol. The van der Waals surface area contributed by atoms with Gasteiger partial charge in [-0.15, -0.1) is 0 Å². The van der Waals surface area contributed by atoms with Gasteiger partial charge >= 0.3 is 0 Å². The number of nitrogens with zero attached hydrogens (tertiary/aromatic N) is 1. The topological polar surface area (TPSA) is 64.4 Å². The molecule has 0 unspecified atom stereocenters. The van der Waals surface area contributed by atoms with E-state index in [2.05, 4.69) is 5.48 Å². The average Bonchev–Trinajstić information content (AvgIpc) is 2.41. The molecule has 1 heterocycles. The number of nitrogens with one attached hydrogen (secondary N) is 1. The third kappa shape index (κ3) is 1.73. The van der Waals surface area contributed by atoms with E-state index in [1.807, 2.05) is 0 Å². The molecule has 0 saturated carbocycles. The number of benzene rings is 1. The van der Waals surface area contributed by atoms with Crippen molar-refractivity contribution in [2.75, 3.05) is 6.61 Å². The minimum absolute atomic E-state index is 0.144. The molecule has 0 aromatic heterocycles. The maximum Gasteiger partial charge on any atom is 0.269 e. The van der Waals surface area contributed by atoms with Gasteiger partial charge in [0.1, 0.15) is 0 Å². The molecule has 2 rings (SSSR count). The van der Waals surface area contributed by atoms with Crippen molar-refractivity contribution in [1.82, 2.24) is 5.48 Å². The highest BCUT2D eigenvalue weighted by Gasteiger charge is 2.12. The van der Waals surface area contributed by atoms with Crippen molar-refractivity contribution < 1.29 is 9.76 Å². The first-order chi connectivity index (χ1) is 6.77. The lowest BCUT2D eigenvalue weighted by atomic mass is 10.0. The average molecular weight is 194 g/mol. The van der Waals surface area contributed by atoms with Crippen molar-refractivity contribution >= 4 is 5.69 Å². The van der Waals surface area contributed by atoms with Crippen LogP contribution in [0.5, 0.6) is 0 Å². The Morgan fingerprint density at radius 3 is 3.07 bits per heavy atom. The summed E-state index contributed by atoms with van der Waals surface area (Å²) in [6.45, 7) is 1.15. The monoisotopic (exact) mass is 194 g/mol. The van der Waals surface area contributed by atoms with Crippen molar-refractivity contribution in [2.24, 2.45) is 0 Å². The van der Waals surface area contributed by atoms with Crippen LogP contribution in [0.25, 0.3) is 0 Å². The number of hydroxylamine groups is 1. The first kappa shape index (κ1) is 9.11. The summed E-state index contributed by atoms with van der Waals surface area (Å²) in [5.74, 6) is 0. The fourth-order valence-electron chi connectivity index (χ4n) is 1.49. The van der Waals surface area contributed by atoms with E-state index in [0.29, 0.717) is 19.6 Å². The number of nitro benzene ring substituents is 1. The van der Waals surface area contributed by atoms with E-state index >= 15 is 0 Å². The van der Waals surface area contributed by atoms with E-state index < -0.39 is 0 Å². The smallest absolute Gasteiger partial charge is 0.269 e. The molecule has 0 spiro atoms. The van der Waals surface area contributed by atoms with Crippen LogP contribution in [0.2, 0.25) is 0 Å². The van der Waals surface area contributed by atoms with Crippen LogP contribution in [-0.4, -0.2) is 11.5 Å². The van der Waals surface area contributed by atoms with Gasteiger partial charge in [0.15, 0.2) is 0 Å². The Labute approximate surface area is 80.8 Å². The zero-order chi connectivity index (χ0) is 9.97. The Bertz CT molecular complexity index is 365. The summed E-state index contributed by atoms with van der Waals surface area (Å²) in [5, 5.41) is 10.5. The third-order valence-corrected chi connectivity index (χ3v) is 2.24. The van der Waals surface area contributed by atoms with Crippen LogP contribution in [0.1, 0.15) is 11.1 Å². The largest absolute Gasteiger partial charge is 0.301 e. The molecule has 5 nitrogen and oxygen atoms in total. The third-order valence-electron chi connectivity index (χ3n) is 2.24. The number of rotatable bonds is 1. The molecule has 0 amide bonds. The van der Waals surface area contributed by atoms with Gasteiger partial charge in [-0.2, -0.15) is 5.48 Å². The predicted octanol–water partition coefficient (Wildman–Crippen LogP) is 1.17. The second kappa shape index (κ2) is 3.73. The quantitative estimate of drug-likeness (QED) is 0.538. The first-order valence-electron chi connectivity index (χ1n) is 4.38. The van der Waals surface area contributed by atoms with Gasteiger partial charge in [-0.3, -0.25) is 10.1 Å². The van der Waals surface area contributed by atoms with E-state index in [-0.39, 0.29) is 10.6 Å². The Morgan fingerprint density at radius 2 is 2.29 bits per heavy atom. The molecule has 1 aromatic rings. The fraction of sp³-hybridized carbons (Fsp3) is 0.333. The van der Waals surface area contributed by atoms with Crippen LogP contribution in [0.3, 0.4) is 0 Å². The van der Waals surface area contributed by atoms with Crippen LogP contribution in [0, 0.1) is 10.1 Å². The van der Waals surface area contributed by atoms with Crippen molar-refractivity contribution in [3.05, 3.63) is 39.4 Å². The summed E-state index contributed by atoms with van der Waals surface area (Å²) < 4.78 is 0. The fourth-order valence-corrected chi connectivity index (χ4v) is 1.49. The maximum atomic E-state index is 10.5. The number of nitro groups is 1. The summed E-state index contributed by atoms with van der Waals surface area (Å²) in [4.78, 5) is 15.2. The molecule has 0 bridgehead atoms. The number of non-ortho nitro benzene ring substituents is 1. The highest BCUT2D eigenvalue weighted by molar-refractivity contribution is 5.40. The van der Waals surface area contributed by atoms with Crippen molar-refractivity contribution in [1.29, 1.82) is 0 Å². The Morgan fingerprint density at radius 1 is 1.43 bits per heavy atom. The highest BCUT2D eigenvalue weighted by atomic mass is 16.6. The molecular formula is C9H10N2O3. The minimum atomic E-state index is -0.376. The molecule has 74 valence electrons. The van der Waals surface area contributed by atoms with Crippen LogP contribution < -0.4 is 5.48 Å². The zero-order valence-electron chi connectivity index (χ0n) is 7.53. The van der Waals surface area contributed by atoms with Crippen LogP contribution in [0.4, 0.5) is 5.69 Å². The van der Waals surface area contributed by atoms with Gasteiger partial charge in [-0.25, -0.2) is 0 Å². The van der Waals surface area contributed by atoms with E-state index in [1.54, 1.807) is 12.1 Å². The summed E-state index contributed by atoms with van der Waals surface area (Å²) in [5.41, 5.74) is 4.98. The molecule has 0 radical (unpaired) electrons. The van der Waals surface area contributed by atoms with Gasteiger partial charge in [0.25, 0.3) is 5.69 Å². The number of hydrogen-bond donors (Lipinski definition) is 1. The van der Waals surface area contributed by atoms with Crippen LogP contribution in [-0.2, 0) is 17.8 Å². The summed E-state index contributed by atoms with van der Waals surface area (Å²) in [7, 11) is 0. The molecule has 1 aromatic carbocycles. The van der Waals surface area contributed by atoms with Gasteiger partial charge in [0.05, 0.1) is 11.5 Å². The molecule has 0 fully saturated rings. The Kier molecular flexibility index (Phi) is 2.43. The van der Waals surface area contributed by atoms with Crippen LogP contribution in [0.15, 0.2) is 18.2 Å². The van der Waals surface area contributed by atoms with Crippen molar-refractivity contribution in [2.45, 2.75) is 13.0 Å². The van der Waals surface area contributed by atoms with E-state index in [1.165, 1.54) is 6.07 Å². The maximum absolute atomic E-state index is 10.5. The van der Waals surface area contributed by atoms with Gasteiger partial charge in [-0.1, -0.05) is 6.07 Å². The summed E-state index contributed by atoms with van der Waals surface area (Å²) >= 11 is 0. The van der Waals surface area contributed by atoms with E-state index in [9.17, 15) is 10.1 Å². The van der Waals surface area contributed by atoms with Gasteiger partial charge < -0.3 is 4.84 Å². The van der Waals surface area contributed by atoms with E-state index in [0.717, 1.165) is 11.1 Å². The molecule has 0 atom stereocenters. The van der Waals surface area contributed by atoms with Crippen molar-refractivity contribution in [3.8, 4) is 0 Å². The predicted molar refractivity (Wildman–Crippen MR) is 49.6 cm³/mol. The van der Waals surface area contributed by atoms with Crippen molar-refractivity contribution in [3.63, 3.8) is 0 Å². The molecule has 0 aliphatic carbocycles.